The van der Waals surface area contributed by atoms with Crippen molar-refractivity contribution in [2.24, 2.45) is 0 Å². The van der Waals surface area contributed by atoms with E-state index in [1.54, 1.807) is 11.8 Å². The first-order chi connectivity index (χ1) is 12.6. The van der Waals surface area contributed by atoms with E-state index in [2.05, 4.69) is 52.9 Å². The molecule has 0 fully saturated rings. The van der Waals surface area contributed by atoms with Gasteiger partial charge in [-0.1, -0.05) is 53.2 Å². The molecule has 0 atom stereocenters. The van der Waals surface area contributed by atoms with E-state index in [1.165, 1.54) is 11.1 Å². The largest absolute Gasteiger partial charge is 0.485 e. The molecule has 0 radical (unpaired) electrons. The Kier molecular flexibility index (Phi) is 6.22. The van der Waals surface area contributed by atoms with Crippen molar-refractivity contribution >= 4 is 23.4 Å². The zero-order chi connectivity index (χ0) is 18.5. The molecule has 0 amide bonds. The van der Waals surface area contributed by atoms with Crippen molar-refractivity contribution in [2.45, 2.75) is 44.8 Å². The summed E-state index contributed by atoms with van der Waals surface area (Å²) in [4.78, 5) is 0. The third-order valence-corrected chi connectivity index (χ3v) is 5.33. The molecule has 6 heteroatoms. The number of halogens is 1. The molecule has 1 aromatic heterocycles. The van der Waals surface area contributed by atoms with Crippen molar-refractivity contribution in [1.82, 2.24) is 14.8 Å². The lowest BCUT2D eigenvalue weighted by Gasteiger charge is -2.11. The summed E-state index contributed by atoms with van der Waals surface area (Å²) in [6, 6.07) is 14.1. The molecule has 0 saturated heterocycles. The molecule has 2 aromatic carbocycles. The van der Waals surface area contributed by atoms with E-state index in [0.29, 0.717) is 11.6 Å². The number of thioether (sulfide) groups is 1. The molecule has 0 aliphatic rings. The molecule has 26 heavy (non-hydrogen) atoms. The number of ether oxygens (including phenoxy) is 1. The van der Waals surface area contributed by atoms with Gasteiger partial charge in [0.1, 0.15) is 12.4 Å². The molecule has 0 spiro atoms. The first-order valence-corrected chi connectivity index (χ1v) is 9.92. The van der Waals surface area contributed by atoms with E-state index < -0.39 is 0 Å². The lowest BCUT2D eigenvalue weighted by atomic mass is 10.2. The van der Waals surface area contributed by atoms with Gasteiger partial charge in [0.25, 0.3) is 0 Å². The highest BCUT2D eigenvalue weighted by molar-refractivity contribution is 7.98. The second-order valence-corrected chi connectivity index (χ2v) is 7.50. The standard InChI is InChI=1S/C20H22ClN3OS/c1-4-24-19(12-25-18-9-8-17(21)11-15(18)3)22-23-20(24)26-13-16-7-5-6-14(2)10-16/h5-11H,4,12-13H2,1-3H3. The van der Waals surface area contributed by atoms with Crippen LogP contribution in [-0.4, -0.2) is 14.8 Å². The van der Waals surface area contributed by atoms with Crippen LogP contribution < -0.4 is 4.74 Å². The van der Waals surface area contributed by atoms with Gasteiger partial charge in [-0.15, -0.1) is 10.2 Å². The number of nitrogens with zero attached hydrogens (tertiary/aromatic N) is 3. The lowest BCUT2D eigenvalue weighted by Crippen LogP contribution is -2.07. The second kappa shape index (κ2) is 8.60. The predicted molar refractivity (Wildman–Crippen MR) is 107 cm³/mol. The number of rotatable bonds is 7. The Balaban J connectivity index is 1.67. The van der Waals surface area contributed by atoms with E-state index in [0.717, 1.165) is 34.6 Å². The molecule has 3 rings (SSSR count). The maximum Gasteiger partial charge on any atom is 0.191 e. The van der Waals surface area contributed by atoms with Crippen molar-refractivity contribution in [2.75, 3.05) is 0 Å². The van der Waals surface area contributed by atoms with Gasteiger partial charge >= 0.3 is 0 Å². The highest BCUT2D eigenvalue weighted by atomic mass is 35.5. The minimum atomic E-state index is 0.383. The zero-order valence-corrected chi connectivity index (χ0v) is 16.8. The van der Waals surface area contributed by atoms with Gasteiger partial charge in [-0.2, -0.15) is 0 Å². The van der Waals surface area contributed by atoms with Crippen LogP contribution in [0.1, 0.15) is 29.4 Å². The van der Waals surface area contributed by atoms with E-state index in [9.17, 15) is 0 Å². The van der Waals surface area contributed by atoms with Gasteiger partial charge in [-0.05, 0) is 50.1 Å². The average molecular weight is 388 g/mol. The summed E-state index contributed by atoms with van der Waals surface area (Å²) in [6.45, 7) is 7.37. The van der Waals surface area contributed by atoms with Crippen LogP contribution >= 0.6 is 23.4 Å². The summed E-state index contributed by atoms with van der Waals surface area (Å²) in [6.07, 6.45) is 0. The normalized spacial score (nSPS) is 10.9. The first-order valence-electron chi connectivity index (χ1n) is 8.56. The summed E-state index contributed by atoms with van der Waals surface area (Å²) >= 11 is 7.69. The van der Waals surface area contributed by atoms with Crippen molar-refractivity contribution < 1.29 is 4.74 Å². The average Bonchev–Trinajstić information content (AvgIpc) is 3.01. The summed E-state index contributed by atoms with van der Waals surface area (Å²) in [7, 11) is 0. The number of aryl methyl sites for hydroxylation is 2. The monoisotopic (exact) mass is 387 g/mol. The fourth-order valence-electron chi connectivity index (χ4n) is 2.72. The highest BCUT2D eigenvalue weighted by Gasteiger charge is 2.13. The summed E-state index contributed by atoms with van der Waals surface area (Å²) in [5.74, 6) is 2.51. The molecule has 0 unspecified atom stereocenters. The zero-order valence-electron chi connectivity index (χ0n) is 15.2. The molecule has 136 valence electrons. The van der Waals surface area contributed by atoms with Crippen LogP contribution in [0.3, 0.4) is 0 Å². The molecular weight excluding hydrogens is 366 g/mol. The Morgan fingerprint density at radius 3 is 2.69 bits per heavy atom. The predicted octanol–water partition coefficient (Wildman–Crippen LogP) is 5.44. The van der Waals surface area contributed by atoms with Crippen molar-refractivity contribution in [1.29, 1.82) is 0 Å². The van der Waals surface area contributed by atoms with Crippen LogP contribution in [0.5, 0.6) is 5.75 Å². The minimum absolute atomic E-state index is 0.383. The third kappa shape index (κ3) is 4.59. The topological polar surface area (TPSA) is 39.9 Å². The third-order valence-electron chi connectivity index (χ3n) is 4.05. The fourth-order valence-corrected chi connectivity index (χ4v) is 3.91. The van der Waals surface area contributed by atoms with Gasteiger partial charge in [0.2, 0.25) is 0 Å². The van der Waals surface area contributed by atoms with Gasteiger partial charge in [-0.3, -0.25) is 0 Å². The Morgan fingerprint density at radius 1 is 1.12 bits per heavy atom. The SMILES string of the molecule is CCn1c(COc2ccc(Cl)cc2C)nnc1SCc1cccc(C)c1. The first kappa shape index (κ1) is 18.8. The van der Waals surface area contributed by atoms with Crippen LogP contribution in [0.15, 0.2) is 47.6 Å². The van der Waals surface area contributed by atoms with Gasteiger partial charge in [0.05, 0.1) is 0 Å². The van der Waals surface area contributed by atoms with Crippen molar-refractivity contribution in [3.05, 3.63) is 70.0 Å². The Labute approximate surface area is 163 Å². The molecule has 0 aliphatic heterocycles. The molecule has 0 N–H and O–H groups in total. The van der Waals surface area contributed by atoms with E-state index in [1.807, 2.05) is 25.1 Å². The summed E-state index contributed by atoms with van der Waals surface area (Å²) in [5, 5.41) is 10.3. The van der Waals surface area contributed by atoms with Gasteiger partial charge < -0.3 is 9.30 Å². The quantitative estimate of drug-likeness (QED) is 0.506. The number of benzene rings is 2. The van der Waals surface area contributed by atoms with E-state index in [4.69, 9.17) is 16.3 Å². The van der Waals surface area contributed by atoms with Crippen LogP contribution in [0.2, 0.25) is 5.02 Å². The Hall–Kier alpha value is -1.98. The molecule has 4 nitrogen and oxygen atoms in total. The molecular formula is C20H22ClN3OS. The molecule has 1 heterocycles. The highest BCUT2D eigenvalue weighted by Crippen LogP contribution is 2.25. The number of hydrogen-bond acceptors (Lipinski definition) is 4. The van der Waals surface area contributed by atoms with E-state index >= 15 is 0 Å². The molecule has 0 aliphatic carbocycles. The van der Waals surface area contributed by atoms with Gasteiger partial charge in [0, 0.05) is 17.3 Å². The maximum absolute atomic E-state index is 6.00. The van der Waals surface area contributed by atoms with Gasteiger partial charge in [-0.25, -0.2) is 0 Å². The van der Waals surface area contributed by atoms with Gasteiger partial charge in [0.15, 0.2) is 11.0 Å². The molecule has 0 saturated carbocycles. The maximum atomic E-state index is 6.00. The number of aromatic nitrogens is 3. The summed E-state index contributed by atoms with van der Waals surface area (Å²) in [5.41, 5.74) is 3.57. The summed E-state index contributed by atoms with van der Waals surface area (Å²) < 4.78 is 8.02. The number of hydrogen-bond donors (Lipinski definition) is 0. The molecule has 0 bridgehead atoms. The van der Waals surface area contributed by atoms with Crippen LogP contribution in [0, 0.1) is 13.8 Å². The van der Waals surface area contributed by atoms with Crippen molar-refractivity contribution in [3.63, 3.8) is 0 Å². The van der Waals surface area contributed by atoms with Crippen LogP contribution in [0.25, 0.3) is 0 Å². The smallest absolute Gasteiger partial charge is 0.191 e. The molecule has 3 aromatic rings. The van der Waals surface area contributed by atoms with Crippen LogP contribution in [0.4, 0.5) is 0 Å². The van der Waals surface area contributed by atoms with Crippen molar-refractivity contribution in [3.8, 4) is 5.75 Å². The van der Waals surface area contributed by atoms with Crippen LogP contribution in [-0.2, 0) is 18.9 Å². The fraction of sp³-hybridized carbons (Fsp3) is 0.300. The Bertz CT molecular complexity index is 895. The second-order valence-electron chi connectivity index (χ2n) is 6.12. The lowest BCUT2D eigenvalue weighted by molar-refractivity contribution is 0.286. The van der Waals surface area contributed by atoms with E-state index in [-0.39, 0.29) is 0 Å². The Morgan fingerprint density at radius 2 is 1.96 bits per heavy atom. The minimum Gasteiger partial charge on any atom is -0.485 e.